The van der Waals surface area contributed by atoms with Crippen molar-refractivity contribution in [2.24, 2.45) is 10.9 Å². The van der Waals surface area contributed by atoms with Crippen molar-refractivity contribution in [1.29, 1.82) is 0 Å². The van der Waals surface area contributed by atoms with Crippen LogP contribution in [0, 0.1) is 17.6 Å². The number of aliphatic imine (C=N–C) groups is 1. The first-order valence-electron chi connectivity index (χ1n) is 12.0. The van der Waals surface area contributed by atoms with E-state index in [0.717, 1.165) is 6.07 Å². The minimum Gasteiger partial charge on any atom is -0.476 e. The van der Waals surface area contributed by atoms with Crippen molar-refractivity contribution in [1.82, 2.24) is 15.3 Å². The molecular formula is C25H22ClF2N5O4S2. The maximum atomic E-state index is 14.5. The molecule has 14 heteroatoms. The Kier molecular flexibility index (Phi) is 7.91. The summed E-state index contributed by atoms with van der Waals surface area (Å²) in [4.78, 5) is 39.8. The highest BCUT2D eigenvalue weighted by Crippen LogP contribution is 2.41. The average molecular weight is 594 g/mol. The Balaban J connectivity index is 1.54. The van der Waals surface area contributed by atoms with Crippen LogP contribution in [0.4, 0.5) is 13.9 Å². The van der Waals surface area contributed by atoms with E-state index in [1.807, 2.05) is 4.90 Å². The van der Waals surface area contributed by atoms with E-state index in [4.69, 9.17) is 16.3 Å². The van der Waals surface area contributed by atoms with Crippen LogP contribution in [0.25, 0.3) is 0 Å². The number of carbonyl (C=O) groups excluding carboxylic acids is 1. The summed E-state index contributed by atoms with van der Waals surface area (Å²) in [6.45, 7) is 2.89. The number of carbonyl (C=O) groups is 2. The van der Waals surface area contributed by atoms with E-state index in [0.29, 0.717) is 47.6 Å². The highest BCUT2D eigenvalue weighted by molar-refractivity contribution is 7.14. The van der Waals surface area contributed by atoms with E-state index >= 15 is 0 Å². The van der Waals surface area contributed by atoms with Crippen LogP contribution < -0.4 is 10.2 Å². The van der Waals surface area contributed by atoms with Gasteiger partial charge in [-0.15, -0.1) is 22.7 Å². The molecule has 3 aromatic rings. The third-order valence-corrected chi connectivity index (χ3v) is 8.52. The Labute approximate surface area is 234 Å². The molecule has 0 saturated carbocycles. The molecule has 1 fully saturated rings. The maximum absolute atomic E-state index is 14.5. The van der Waals surface area contributed by atoms with Crippen LogP contribution in [0.15, 0.2) is 45.4 Å². The van der Waals surface area contributed by atoms with Gasteiger partial charge in [0, 0.05) is 47.2 Å². The number of halogens is 3. The van der Waals surface area contributed by atoms with Crippen LogP contribution in [0.5, 0.6) is 0 Å². The first-order chi connectivity index (χ1) is 18.8. The molecule has 0 radical (unpaired) electrons. The normalized spacial score (nSPS) is 18.1. The van der Waals surface area contributed by atoms with Gasteiger partial charge in [0.2, 0.25) is 0 Å². The lowest BCUT2D eigenvalue weighted by Gasteiger charge is -2.36. The molecule has 1 unspecified atom stereocenters. The van der Waals surface area contributed by atoms with Gasteiger partial charge in [-0.05, 0) is 25.8 Å². The zero-order valence-corrected chi connectivity index (χ0v) is 22.9. The predicted molar refractivity (Wildman–Crippen MR) is 144 cm³/mol. The van der Waals surface area contributed by atoms with Crippen LogP contribution >= 0.6 is 34.3 Å². The Morgan fingerprint density at radius 3 is 2.67 bits per heavy atom. The number of carboxylic acid groups (broad SMARTS) is 1. The van der Waals surface area contributed by atoms with Gasteiger partial charge in [0.1, 0.15) is 6.04 Å². The van der Waals surface area contributed by atoms with Crippen LogP contribution in [-0.4, -0.2) is 52.5 Å². The van der Waals surface area contributed by atoms with Gasteiger partial charge in [0.25, 0.3) is 0 Å². The minimum atomic E-state index is -1.22. The van der Waals surface area contributed by atoms with Crippen molar-refractivity contribution in [2.75, 3.05) is 24.6 Å². The number of hydrogen-bond acceptors (Lipinski definition) is 10. The number of nitrogens with zero attached hydrogens (tertiary/aromatic N) is 4. The Hall–Kier alpha value is -3.42. The Bertz CT molecular complexity index is 1470. The summed E-state index contributed by atoms with van der Waals surface area (Å²) < 4.78 is 33.9. The molecule has 2 aliphatic rings. The van der Waals surface area contributed by atoms with Crippen LogP contribution in [-0.2, 0) is 9.53 Å². The number of nitrogens with one attached hydrogen (secondary N) is 1. The fourth-order valence-electron chi connectivity index (χ4n) is 4.61. The monoisotopic (exact) mass is 593 g/mol. The topological polar surface area (TPSA) is 117 Å². The molecule has 0 aliphatic carbocycles. The van der Waals surface area contributed by atoms with Gasteiger partial charge in [0.15, 0.2) is 33.3 Å². The number of esters is 1. The number of rotatable bonds is 7. The molecule has 9 nitrogen and oxygen atoms in total. The predicted octanol–water partition coefficient (Wildman–Crippen LogP) is 5.05. The summed E-state index contributed by atoms with van der Waals surface area (Å²) in [5.41, 5.74) is 0.859. The smallest absolute Gasteiger partial charge is 0.355 e. The second kappa shape index (κ2) is 11.4. The Morgan fingerprint density at radius 2 is 2.03 bits per heavy atom. The van der Waals surface area contributed by atoms with Gasteiger partial charge in [-0.25, -0.2) is 28.3 Å². The number of aromatic nitrogens is 2. The SMILES string of the molecule is CCOC(=O)C1=C(C2CCN(c3nc(C(=O)O)cs3)CC2)NC(c2nccs2)=NC1c1ccc(F)c(F)c1Cl. The molecule has 2 aromatic heterocycles. The number of hydrogen-bond donors (Lipinski definition) is 2. The number of amidine groups is 1. The molecule has 1 saturated heterocycles. The number of aromatic carboxylic acids is 1. The van der Waals surface area contributed by atoms with E-state index in [2.05, 4.69) is 20.3 Å². The van der Waals surface area contributed by atoms with Gasteiger partial charge >= 0.3 is 11.9 Å². The molecular weight excluding hydrogens is 572 g/mol. The summed E-state index contributed by atoms with van der Waals surface area (Å²) >= 11 is 8.84. The van der Waals surface area contributed by atoms with Crippen molar-refractivity contribution in [3.05, 3.63) is 73.3 Å². The number of thiazole rings is 2. The highest BCUT2D eigenvalue weighted by atomic mass is 35.5. The number of carboxylic acids is 1. The van der Waals surface area contributed by atoms with E-state index in [9.17, 15) is 23.5 Å². The molecule has 39 heavy (non-hydrogen) atoms. The third-order valence-electron chi connectivity index (χ3n) is 6.45. The lowest BCUT2D eigenvalue weighted by molar-refractivity contribution is -0.139. The van der Waals surface area contributed by atoms with E-state index in [1.165, 1.54) is 34.1 Å². The number of anilines is 1. The third kappa shape index (κ3) is 5.38. The minimum absolute atomic E-state index is 0.00562. The molecule has 204 valence electrons. The summed E-state index contributed by atoms with van der Waals surface area (Å²) in [7, 11) is 0. The molecule has 0 amide bonds. The van der Waals surface area contributed by atoms with Gasteiger partial charge in [-0.3, -0.25) is 4.99 Å². The zero-order chi connectivity index (χ0) is 27.7. The van der Waals surface area contributed by atoms with Crippen LogP contribution in [0.3, 0.4) is 0 Å². The Morgan fingerprint density at radius 1 is 1.26 bits per heavy atom. The molecule has 0 spiro atoms. The van der Waals surface area contributed by atoms with Crippen molar-refractivity contribution in [3.8, 4) is 0 Å². The van der Waals surface area contributed by atoms with Crippen molar-refractivity contribution < 1.29 is 28.2 Å². The second-order valence-electron chi connectivity index (χ2n) is 8.74. The largest absolute Gasteiger partial charge is 0.476 e. The summed E-state index contributed by atoms with van der Waals surface area (Å²) in [6, 6.07) is 1.22. The lowest BCUT2D eigenvalue weighted by Crippen LogP contribution is -2.41. The number of piperidine rings is 1. The molecule has 5 rings (SSSR count). The van der Waals surface area contributed by atoms with Gasteiger partial charge in [0.05, 0.1) is 17.2 Å². The van der Waals surface area contributed by atoms with Crippen molar-refractivity contribution in [2.45, 2.75) is 25.8 Å². The first kappa shape index (κ1) is 27.2. The lowest BCUT2D eigenvalue weighted by atomic mass is 9.85. The fourth-order valence-corrected chi connectivity index (χ4v) is 6.31. The summed E-state index contributed by atoms with van der Waals surface area (Å²) in [5.74, 6) is -3.82. The maximum Gasteiger partial charge on any atom is 0.355 e. The highest BCUT2D eigenvalue weighted by Gasteiger charge is 2.38. The molecule has 1 atom stereocenters. The molecule has 2 N–H and O–H groups in total. The van der Waals surface area contributed by atoms with Gasteiger partial charge < -0.3 is 20.1 Å². The molecule has 1 aromatic carbocycles. The zero-order valence-electron chi connectivity index (χ0n) is 20.5. The number of benzene rings is 1. The molecule has 0 bridgehead atoms. The van der Waals surface area contributed by atoms with E-state index in [1.54, 1.807) is 18.5 Å². The van der Waals surface area contributed by atoms with Crippen LogP contribution in [0.2, 0.25) is 5.02 Å². The average Bonchev–Trinajstić information content (AvgIpc) is 3.65. The quantitative estimate of drug-likeness (QED) is 0.289. The summed E-state index contributed by atoms with van der Waals surface area (Å²) in [6.07, 6.45) is 2.80. The number of ether oxygens (including phenoxy) is 1. The molecule has 4 heterocycles. The van der Waals surface area contributed by atoms with Gasteiger partial charge in [-0.2, -0.15) is 0 Å². The number of allylic oxidation sites excluding steroid dienone is 1. The van der Waals surface area contributed by atoms with Crippen molar-refractivity contribution >= 4 is 57.2 Å². The first-order valence-corrected chi connectivity index (χ1v) is 14.1. The van der Waals surface area contributed by atoms with E-state index < -0.39 is 34.6 Å². The second-order valence-corrected chi connectivity index (χ2v) is 10.8. The van der Waals surface area contributed by atoms with E-state index in [-0.39, 0.29) is 29.4 Å². The fraction of sp³-hybridized carbons (Fsp3) is 0.320. The standard InChI is InChI=1S/C25H22ClF2N5O4S2/c1-2-37-24(36)16-19(12-5-8-33(9-6-12)25-30-15(11-39-25)23(34)35)31-21(22-29-7-10-38-22)32-20(16)13-3-4-14(27)18(28)17(13)26/h3-4,7,10-12,20H,2,5-6,8-9H2,1H3,(H,31,32)(H,34,35). The molecule has 2 aliphatic heterocycles. The van der Waals surface area contributed by atoms with Crippen molar-refractivity contribution in [3.63, 3.8) is 0 Å². The van der Waals surface area contributed by atoms with Gasteiger partial charge in [-0.1, -0.05) is 17.7 Å². The van der Waals surface area contributed by atoms with Crippen LogP contribution in [0.1, 0.15) is 46.9 Å². The summed E-state index contributed by atoms with van der Waals surface area (Å²) in [5, 5.41) is 16.5.